The lowest BCUT2D eigenvalue weighted by Gasteiger charge is -2.25. The van der Waals surface area contributed by atoms with Gasteiger partial charge in [0.05, 0.1) is 6.54 Å². The molecule has 1 saturated heterocycles. The van der Waals surface area contributed by atoms with Crippen molar-refractivity contribution in [3.8, 4) is 0 Å². The monoisotopic (exact) mass is 655 g/mol. The van der Waals surface area contributed by atoms with Gasteiger partial charge in [0.25, 0.3) is 0 Å². The second-order valence-electron chi connectivity index (χ2n) is 11.2. The zero-order valence-electron chi connectivity index (χ0n) is 27.4. The molecule has 4 atom stereocenters. The molecule has 2 heterocycles. The van der Waals surface area contributed by atoms with Crippen molar-refractivity contribution in [3.05, 3.63) is 95.7 Å². The Morgan fingerprint density at radius 1 is 1.02 bits per heavy atom. The van der Waals surface area contributed by atoms with Crippen LogP contribution in [0.4, 0.5) is 15.0 Å². The minimum absolute atomic E-state index is 0.0232. The molecule has 1 aliphatic rings. The number of carbonyl (C=O) groups is 2. The van der Waals surface area contributed by atoms with Crippen LogP contribution in [0.15, 0.2) is 90.0 Å². The first-order valence-corrected chi connectivity index (χ1v) is 16.1. The number of aromatic nitrogens is 2. The number of alkyl halides is 1. The van der Waals surface area contributed by atoms with Crippen LogP contribution in [-0.2, 0) is 9.53 Å². The van der Waals surface area contributed by atoms with Crippen LogP contribution in [0, 0.1) is 0 Å². The van der Waals surface area contributed by atoms with E-state index in [1.165, 1.54) is 12.3 Å². The van der Waals surface area contributed by atoms with Gasteiger partial charge >= 0.3 is 11.8 Å². The van der Waals surface area contributed by atoms with Gasteiger partial charge in [-0.05, 0) is 57.9 Å². The Hall–Kier alpha value is -4.29. The number of aliphatic hydroxyl groups excluding tert-OH is 1. The van der Waals surface area contributed by atoms with E-state index in [-0.39, 0.29) is 37.8 Å². The molecular formula is C35H50FN5O6. The van der Waals surface area contributed by atoms with Crippen LogP contribution in [0.3, 0.4) is 0 Å². The first-order chi connectivity index (χ1) is 22.6. The van der Waals surface area contributed by atoms with Crippen LogP contribution in [-0.4, -0.2) is 74.2 Å². The molecule has 1 fully saturated rings. The fourth-order valence-electron chi connectivity index (χ4n) is 4.72. The van der Waals surface area contributed by atoms with Gasteiger partial charge in [-0.2, -0.15) is 4.98 Å². The fraction of sp³-hybridized carbons (Fsp3) is 0.486. The Morgan fingerprint density at radius 2 is 1.55 bits per heavy atom. The summed E-state index contributed by atoms with van der Waals surface area (Å²) in [5, 5.41) is 22.9. The predicted molar refractivity (Wildman–Crippen MR) is 182 cm³/mol. The number of halogens is 1. The Bertz CT molecular complexity index is 1350. The lowest BCUT2D eigenvalue weighted by molar-refractivity contribution is -0.121. The van der Waals surface area contributed by atoms with Crippen molar-refractivity contribution >= 4 is 17.8 Å². The average Bonchev–Trinajstić information content (AvgIpc) is 3.24. The zero-order chi connectivity index (χ0) is 34.5. The summed E-state index contributed by atoms with van der Waals surface area (Å²) in [7, 11) is 0. The number of hydrogen-bond acceptors (Lipinski definition) is 7. The van der Waals surface area contributed by atoms with Crippen LogP contribution in [0.2, 0.25) is 0 Å². The lowest BCUT2D eigenvalue weighted by Crippen LogP contribution is -2.47. The second kappa shape index (κ2) is 21.5. The van der Waals surface area contributed by atoms with Gasteiger partial charge in [-0.1, -0.05) is 79.8 Å². The largest absolute Gasteiger partial charge is 0.465 e. The number of nitrogen functional groups attached to an aromatic ring is 1. The number of allylic oxidation sites excluding steroid dienone is 12. The standard InChI is InChI=1S/C35H50FN5O6/c1-3-4-5-6-7-8-9-10-11-12-13-14-15-16-17-18-19-20-21-22-30(42)38-24-26-40(34(45)46)27-28-31(43)35(2,36)32(47-28)41-25-23-29(37)39-33(41)44/h4-5,7-8,10-11,13-14,16-17,19-20,23,25,28,31-32,43H,3,6,9,12,15,18,21-22,24,26-27H2,1-2H3,(H,38,42)(H,45,46)(H2,37,39,44)/t28-,31-,32-,35-/m1/s1. The van der Waals surface area contributed by atoms with Gasteiger partial charge in [0.1, 0.15) is 18.0 Å². The van der Waals surface area contributed by atoms with Gasteiger partial charge in [-0.15, -0.1) is 0 Å². The summed E-state index contributed by atoms with van der Waals surface area (Å²) in [5.74, 6) is -0.294. The van der Waals surface area contributed by atoms with Crippen LogP contribution in [0.5, 0.6) is 0 Å². The summed E-state index contributed by atoms with van der Waals surface area (Å²) in [6.07, 6.45) is 27.1. The van der Waals surface area contributed by atoms with Crippen molar-refractivity contribution in [1.29, 1.82) is 0 Å². The molecule has 0 aromatic carbocycles. The molecule has 5 N–H and O–H groups in total. The van der Waals surface area contributed by atoms with Crippen molar-refractivity contribution < 1.29 is 28.9 Å². The minimum atomic E-state index is -2.41. The first kappa shape index (κ1) is 38.9. The number of nitrogens with zero attached hydrogens (tertiary/aromatic N) is 3. The molecular weight excluding hydrogens is 605 g/mol. The van der Waals surface area contributed by atoms with Crippen molar-refractivity contribution in [1.82, 2.24) is 19.8 Å². The second-order valence-corrected chi connectivity index (χ2v) is 11.2. The highest BCUT2D eigenvalue weighted by Crippen LogP contribution is 2.40. The third kappa shape index (κ3) is 14.3. The van der Waals surface area contributed by atoms with Gasteiger partial charge in [0.2, 0.25) is 5.91 Å². The number of rotatable bonds is 20. The number of anilines is 1. The number of ether oxygens (including phenoxy) is 1. The third-order valence-electron chi connectivity index (χ3n) is 7.33. The smallest absolute Gasteiger partial charge is 0.407 e. The summed E-state index contributed by atoms with van der Waals surface area (Å²) in [6.45, 7) is 2.73. The molecule has 0 bridgehead atoms. The van der Waals surface area contributed by atoms with Crippen LogP contribution in [0.1, 0.15) is 71.4 Å². The normalized spacial score (nSPS) is 21.8. The summed E-state index contributed by atoms with van der Waals surface area (Å²) in [6, 6.07) is 1.29. The van der Waals surface area contributed by atoms with E-state index in [1.54, 1.807) is 0 Å². The van der Waals surface area contributed by atoms with Gasteiger partial charge in [0, 0.05) is 25.7 Å². The summed E-state index contributed by atoms with van der Waals surface area (Å²) < 4.78 is 21.9. The van der Waals surface area contributed by atoms with Crippen LogP contribution < -0.4 is 16.7 Å². The van der Waals surface area contributed by atoms with E-state index in [4.69, 9.17) is 10.5 Å². The highest BCUT2D eigenvalue weighted by Gasteiger charge is 2.55. The quantitative estimate of drug-likeness (QED) is 0.136. The van der Waals surface area contributed by atoms with E-state index in [9.17, 15) is 24.6 Å². The van der Waals surface area contributed by atoms with E-state index in [1.807, 2.05) is 12.2 Å². The number of nitrogens with one attached hydrogen (secondary N) is 1. The summed E-state index contributed by atoms with van der Waals surface area (Å²) in [4.78, 5) is 40.7. The zero-order valence-corrected chi connectivity index (χ0v) is 27.4. The SMILES string of the molecule is CCC=CCC=CCC=CCC=CCC=CCC=CCCC(=O)NCCN(C[C@H]1O[C@@H](n2ccc(N)nc2=O)[C@](C)(F)[C@@H]1O)C(=O)O. The van der Waals surface area contributed by atoms with Crippen molar-refractivity contribution in [3.63, 3.8) is 0 Å². The number of carboxylic acid groups (broad SMARTS) is 1. The Morgan fingerprint density at radius 3 is 2.06 bits per heavy atom. The molecule has 0 spiro atoms. The molecule has 47 heavy (non-hydrogen) atoms. The van der Waals surface area contributed by atoms with Gasteiger partial charge in [-0.25, -0.2) is 14.0 Å². The summed E-state index contributed by atoms with van der Waals surface area (Å²) in [5.41, 5.74) is 2.21. The lowest BCUT2D eigenvalue weighted by atomic mass is 9.98. The molecule has 0 radical (unpaired) electrons. The van der Waals surface area contributed by atoms with E-state index in [2.05, 4.69) is 78.0 Å². The molecule has 12 heteroatoms. The molecule has 1 aromatic heterocycles. The number of aliphatic hydroxyl groups is 1. The molecule has 2 rings (SSSR count). The Kier molecular flexibility index (Phi) is 17.8. The van der Waals surface area contributed by atoms with Crippen molar-refractivity contribution in [2.24, 2.45) is 0 Å². The Labute approximate surface area is 276 Å². The Balaban J connectivity index is 1.62. The fourth-order valence-corrected chi connectivity index (χ4v) is 4.72. The minimum Gasteiger partial charge on any atom is -0.465 e. The third-order valence-corrected chi connectivity index (χ3v) is 7.33. The maximum Gasteiger partial charge on any atom is 0.407 e. The van der Waals surface area contributed by atoms with Gasteiger partial charge in [-0.3, -0.25) is 9.36 Å². The van der Waals surface area contributed by atoms with E-state index >= 15 is 4.39 Å². The number of nitrogens with two attached hydrogens (primary N) is 1. The number of amides is 2. The molecule has 0 unspecified atom stereocenters. The summed E-state index contributed by atoms with van der Waals surface area (Å²) >= 11 is 0. The molecule has 1 aromatic rings. The van der Waals surface area contributed by atoms with Crippen molar-refractivity contribution in [2.75, 3.05) is 25.4 Å². The molecule has 2 amide bonds. The maximum absolute atomic E-state index is 15.4. The molecule has 11 nitrogen and oxygen atoms in total. The van der Waals surface area contributed by atoms with E-state index < -0.39 is 35.9 Å². The molecule has 1 aliphatic heterocycles. The van der Waals surface area contributed by atoms with Crippen LogP contribution in [0.25, 0.3) is 0 Å². The maximum atomic E-state index is 15.4. The highest BCUT2D eigenvalue weighted by atomic mass is 19.1. The van der Waals surface area contributed by atoms with Gasteiger partial charge in [0.15, 0.2) is 11.9 Å². The van der Waals surface area contributed by atoms with Crippen molar-refractivity contribution in [2.45, 2.75) is 89.3 Å². The van der Waals surface area contributed by atoms with E-state index in [0.717, 1.165) is 54.9 Å². The highest BCUT2D eigenvalue weighted by molar-refractivity contribution is 5.76. The topological polar surface area (TPSA) is 160 Å². The number of hydrogen-bond donors (Lipinski definition) is 4. The molecule has 258 valence electrons. The van der Waals surface area contributed by atoms with Gasteiger partial charge < -0.3 is 30.9 Å². The molecule has 0 saturated carbocycles. The number of carbonyl (C=O) groups excluding carboxylic acids is 1. The van der Waals surface area contributed by atoms with Crippen LogP contribution >= 0.6 is 0 Å². The van der Waals surface area contributed by atoms with E-state index in [0.29, 0.717) is 6.42 Å². The predicted octanol–water partition coefficient (Wildman–Crippen LogP) is 5.39. The average molecular weight is 656 g/mol. The molecule has 0 aliphatic carbocycles. The first-order valence-electron chi connectivity index (χ1n) is 16.1.